The van der Waals surface area contributed by atoms with Crippen molar-refractivity contribution in [2.75, 3.05) is 20.2 Å². The fraction of sp³-hybridized carbons (Fsp3) is 0.235. The molecule has 1 aromatic carbocycles. The smallest absolute Gasteiger partial charge is 0.257 e. The maximum absolute atomic E-state index is 12.6. The Bertz CT molecular complexity index is 890. The first-order valence-electron chi connectivity index (χ1n) is 7.79. The topological polar surface area (TPSA) is 94.2 Å². The molecule has 0 saturated carbocycles. The summed E-state index contributed by atoms with van der Waals surface area (Å²) >= 11 is 0. The first kappa shape index (κ1) is 15.3. The van der Waals surface area contributed by atoms with Crippen molar-refractivity contribution >= 4 is 5.91 Å². The minimum atomic E-state index is -0.0696. The summed E-state index contributed by atoms with van der Waals surface area (Å²) in [7, 11) is 1.55. The van der Waals surface area contributed by atoms with Crippen molar-refractivity contribution in [2.24, 2.45) is 0 Å². The highest BCUT2D eigenvalue weighted by Crippen LogP contribution is 2.30. The quantitative estimate of drug-likeness (QED) is 0.716. The SMILES string of the molecule is COc1ccccc1C(=O)N1CC(c2nc(-c3ncccn3)no2)C1. The van der Waals surface area contributed by atoms with Crippen LogP contribution in [-0.4, -0.2) is 51.1 Å². The second kappa shape index (κ2) is 6.31. The van der Waals surface area contributed by atoms with Crippen LogP contribution in [0.25, 0.3) is 11.6 Å². The molecule has 25 heavy (non-hydrogen) atoms. The molecule has 1 amide bonds. The van der Waals surface area contributed by atoms with Crippen molar-refractivity contribution in [1.82, 2.24) is 25.0 Å². The number of methoxy groups -OCH3 is 1. The molecule has 0 aliphatic carbocycles. The summed E-state index contributed by atoms with van der Waals surface area (Å²) in [5.74, 6) is 1.77. The highest BCUT2D eigenvalue weighted by Gasteiger charge is 2.37. The molecule has 126 valence electrons. The molecule has 1 aliphatic rings. The molecule has 0 bridgehead atoms. The molecule has 2 aromatic heterocycles. The van der Waals surface area contributed by atoms with Crippen LogP contribution in [0.15, 0.2) is 47.2 Å². The minimum absolute atomic E-state index is 0.0172. The maximum Gasteiger partial charge on any atom is 0.257 e. The van der Waals surface area contributed by atoms with E-state index < -0.39 is 0 Å². The van der Waals surface area contributed by atoms with Crippen LogP contribution >= 0.6 is 0 Å². The van der Waals surface area contributed by atoms with Crippen LogP contribution in [0.1, 0.15) is 22.2 Å². The van der Waals surface area contributed by atoms with Gasteiger partial charge in [-0.1, -0.05) is 17.3 Å². The predicted molar refractivity (Wildman–Crippen MR) is 87.0 cm³/mol. The van der Waals surface area contributed by atoms with Crippen LogP contribution in [0, 0.1) is 0 Å². The third-order valence-corrected chi connectivity index (χ3v) is 4.06. The van der Waals surface area contributed by atoms with Crippen LogP contribution in [0.3, 0.4) is 0 Å². The molecule has 3 heterocycles. The van der Waals surface area contributed by atoms with Crippen molar-refractivity contribution in [3.63, 3.8) is 0 Å². The Hall–Kier alpha value is -3.29. The van der Waals surface area contributed by atoms with Gasteiger partial charge in [-0.15, -0.1) is 0 Å². The van der Waals surface area contributed by atoms with Crippen molar-refractivity contribution < 1.29 is 14.1 Å². The monoisotopic (exact) mass is 337 g/mol. The Balaban J connectivity index is 1.44. The normalized spacial score (nSPS) is 14.2. The highest BCUT2D eigenvalue weighted by atomic mass is 16.5. The van der Waals surface area contributed by atoms with Gasteiger partial charge >= 0.3 is 0 Å². The van der Waals surface area contributed by atoms with E-state index in [2.05, 4.69) is 20.1 Å². The number of amides is 1. The van der Waals surface area contributed by atoms with Gasteiger partial charge in [0.15, 0.2) is 0 Å². The molecule has 4 rings (SSSR count). The van der Waals surface area contributed by atoms with E-state index in [1.165, 1.54) is 0 Å². The lowest BCUT2D eigenvalue weighted by Gasteiger charge is -2.37. The van der Waals surface area contributed by atoms with Crippen LogP contribution in [0.5, 0.6) is 5.75 Å². The number of carbonyl (C=O) groups excluding carboxylic acids is 1. The van der Waals surface area contributed by atoms with Gasteiger partial charge in [-0.25, -0.2) is 9.97 Å². The number of para-hydroxylation sites is 1. The lowest BCUT2D eigenvalue weighted by molar-refractivity contribution is 0.0566. The summed E-state index contributed by atoms with van der Waals surface area (Å²) in [6.45, 7) is 1.04. The van der Waals surface area contributed by atoms with Gasteiger partial charge in [0.25, 0.3) is 5.91 Å². The number of aromatic nitrogens is 4. The van der Waals surface area contributed by atoms with E-state index >= 15 is 0 Å². The molecule has 3 aromatic rings. The highest BCUT2D eigenvalue weighted by molar-refractivity contribution is 5.97. The molecule has 1 saturated heterocycles. The minimum Gasteiger partial charge on any atom is -0.496 e. The number of carbonyl (C=O) groups is 1. The number of hydrogen-bond donors (Lipinski definition) is 0. The summed E-state index contributed by atoms with van der Waals surface area (Å²) in [4.78, 5) is 26.8. The Kier molecular flexibility index (Phi) is 3.85. The van der Waals surface area contributed by atoms with E-state index in [-0.39, 0.29) is 11.8 Å². The second-order valence-electron chi connectivity index (χ2n) is 5.64. The lowest BCUT2D eigenvalue weighted by Crippen LogP contribution is -2.48. The molecule has 0 radical (unpaired) electrons. The van der Waals surface area contributed by atoms with Gasteiger partial charge in [0.2, 0.25) is 17.5 Å². The summed E-state index contributed by atoms with van der Waals surface area (Å²) < 4.78 is 10.5. The lowest BCUT2D eigenvalue weighted by atomic mass is 9.98. The van der Waals surface area contributed by atoms with Gasteiger partial charge in [-0.2, -0.15) is 4.98 Å². The Morgan fingerprint density at radius 2 is 1.92 bits per heavy atom. The molecule has 0 unspecified atom stereocenters. The van der Waals surface area contributed by atoms with Crippen molar-refractivity contribution in [2.45, 2.75) is 5.92 Å². The second-order valence-corrected chi connectivity index (χ2v) is 5.64. The molecule has 1 aliphatic heterocycles. The number of benzene rings is 1. The number of nitrogens with zero attached hydrogens (tertiary/aromatic N) is 5. The van der Waals surface area contributed by atoms with Crippen molar-refractivity contribution in [3.8, 4) is 17.4 Å². The number of ether oxygens (including phenoxy) is 1. The zero-order chi connectivity index (χ0) is 17.2. The zero-order valence-electron chi connectivity index (χ0n) is 13.5. The van der Waals surface area contributed by atoms with Gasteiger partial charge in [0.1, 0.15) is 5.75 Å². The van der Waals surface area contributed by atoms with Crippen LogP contribution < -0.4 is 4.74 Å². The standard InChI is InChI=1S/C17H15N5O3/c1-24-13-6-3-2-5-12(13)17(23)22-9-11(10-22)16-20-15(21-25-16)14-18-7-4-8-19-14/h2-8,11H,9-10H2,1H3. The summed E-state index contributed by atoms with van der Waals surface area (Å²) in [5.41, 5.74) is 0.548. The van der Waals surface area contributed by atoms with E-state index in [0.29, 0.717) is 41.9 Å². The Labute approximate surface area is 143 Å². The first-order valence-corrected chi connectivity index (χ1v) is 7.79. The fourth-order valence-corrected chi connectivity index (χ4v) is 2.70. The predicted octanol–water partition coefficient (Wildman–Crippen LogP) is 1.77. The van der Waals surface area contributed by atoms with Gasteiger partial charge in [-0.05, 0) is 18.2 Å². The zero-order valence-corrected chi connectivity index (χ0v) is 13.5. The molecular formula is C17H15N5O3. The third-order valence-electron chi connectivity index (χ3n) is 4.06. The van der Waals surface area contributed by atoms with Gasteiger partial charge in [0, 0.05) is 25.5 Å². The Morgan fingerprint density at radius 1 is 1.16 bits per heavy atom. The molecule has 8 heteroatoms. The summed E-state index contributed by atoms with van der Waals surface area (Å²) in [5, 5.41) is 3.91. The average molecular weight is 337 g/mol. The number of hydrogen-bond acceptors (Lipinski definition) is 7. The molecule has 0 atom stereocenters. The molecule has 1 fully saturated rings. The van der Waals surface area contributed by atoms with Crippen LogP contribution in [0.4, 0.5) is 0 Å². The summed E-state index contributed by atoms with van der Waals surface area (Å²) in [6.07, 6.45) is 3.24. The molecule has 8 nitrogen and oxygen atoms in total. The van der Waals surface area contributed by atoms with E-state index in [9.17, 15) is 4.79 Å². The van der Waals surface area contributed by atoms with Crippen LogP contribution in [0.2, 0.25) is 0 Å². The maximum atomic E-state index is 12.6. The number of rotatable bonds is 4. The summed E-state index contributed by atoms with van der Waals surface area (Å²) in [6, 6.07) is 8.90. The van der Waals surface area contributed by atoms with Gasteiger partial charge < -0.3 is 14.2 Å². The van der Waals surface area contributed by atoms with E-state index in [4.69, 9.17) is 9.26 Å². The largest absolute Gasteiger partial charge is 0.496 e. The third kappa shape index (κ3) is 2.82. The molecule has 0 N–H and O–H groups in total. The van der Waals surface area contributed by atoms with E-state index in [1.54, 1.807) is 42.6 Å². The van der Waals surface area contributed by atoms with E-state index in [1.807, 2.05) is 12.1 Å². The van der Waals surface area contributed by atoms with Crippen molar-refractivity contribution in [1.29, 1.82) is 0 Å². The van der Waals surface area contributed by atoms with Gasteiger partial charge in [-0.3, -0.25) is 4.79 Å². The molecule has 0 spiro atoms. The van der Waals surface area contributed by atoms with Crippen LogP contribution in [-0.2, 0) is 0 Å². The number of likely N-dealkylation sites (tertiary alicyclic amines) is 1. The van der Waals surface area contributed by atoms with E-state index in [0.717, 1.165) is 0 Å². The van der Waals surface area contributed by atoms with Crippen molar-refractivity contribution in [3.05, 3.63) is 54.2 Å². The Morgan fingerprint density at radius 3 is 2.68 bits per heavy atom. The molecular weight excluding hydrogens is 322 g/mol. The average Bonchev–Trinajstić information content (AvgIpc) is 3.10. The first-order chi connectivity index (χ1) is 12.3. The van der Waals surface area contributed by atoms with Gasteiger partial charge in [0.05, 0.1) is 18.6 Å². The fourth-order valence-electron chi connectivity index (χ4n) is 2.70.